The maximum absolute atomic E-state index is 8.60. The molecule has 0 unspecified atom stereocenters. The van der Waals surface area contributed by atoms with Gasteiger partial charge in [-0.1, -0.05) is 24.3 Å². The van der Waals surface area contributed by atoms with Gasteiger partial charge in [0.25, 0.3) is 0 Å². The molecule has 12 heavy (non-hydrogen) atoms. The van der Waals surface area contributed by atoms with Crippen LogP contribution in [0.1, 0.15) is 25.0 Å². The maximum atomic E-state index is 8.60. The lowest BCUT2D eigenvalue weighted by atomic mass is 9.98. The second kappa shape index (κ2) is 3.25. The fourth-order valence-electron chi connectivity index (χ4n) is 0.959. The van der Waals surface area contributed by atoms with Crippen LogP contribution in [0.2, 0.25) is 0 Å². The van der Waals surface area contributed by atoms with Crippen molar-refractivity contribution in [3.8, 4) is 0 Å². The lowest BCUT2D eigenvalue weighted by Gasteiger charge is -2.20. The molecule has 2 nitrogen and oxygen atoms in total. The molecular formula is C10H13O2. The summed E-state index contributed by atoms with van der Waals surface area (Å²) < 4.78 is 0. The van der Waals surface area contributed by atoms with Crippen LogP contribution in [-0.4, -0.2) is 5.26 Å². The van der Waals surface area contributed by atoms with Crippen LogP contribution >= 0.6 is 0 Å². The highest BCUT2D eigenvalue weighted by atomic mass is 17.1. The Balaban J connectivity index is 2.96. The van der Waals surface area contributed by atoms with Gasteiger partial charge in [0.2, 0.25) is 0 Å². The molecule has 0 fully saturated rings. The Kier molecular flexibility index (Phi) is 2.50. The number of hydrogen-bond acceptors (Lipinski definition) is 2. The van der Waals surface area contributed by atoms with Crippen molar-refractivity contribution in [1.82, 2.24) is 0 Å². The second-order valence-electron chi connectivity index (χ2n) is 3.30. The van der Waals surface area contributed by atoms with E-state index in [2.05, 4.69) is 11.8 Å². The first-order valence-corrected chi connectivity index (χ1v) is 3.81. The molecule has 0 heterocycles. The molecule has 65 valence electrons. The average molecular weight is 165 g/mol. The first-order chi connectivity index (χ1) is 5.56. The molecule has 0 atom stereocenters. The molecule has 0 spiro atoms. The van der Waals surface area contributed by atoms with E-state index in [1.54, 1.807) is 13.8 Å². The Morgan fingerprint density at radius 1 is 1.25 bits per heavy atom. The Labute approximate surface area is 72.7 Å². The predicted molar refractivity (Wildman–Crippen MR) is 47.6 cm³/mol. The molecule has 1 N–H and O–H groups in total. The molecule has 1 radical (unpaired) electrons. The molecule has 0 aliphatic carbocycles. The molecule has 0 aliphatic heterocycles. The summed E-state index contributed by atoms with van der Waals surface area (Å²) in [5, 5.41) is 8.60. The standard InChI is InChI=1S/C10H13O2/c1-8-4-6-9(7-5-8)10(2,3)12-11/h4-7,11H,1H2,2-3H3. The highest BCUT2D eigenvalue weighted by Crippen LogP contribution is 2.23. The molecule has 1 aromatic rings. The molecule has 0 saturated heterocycles. The van der Waals surface area contributed by atoms with Crippen LogP contribution in [0, 0.1) is 6.92 Å². The third-order valence-electron chi connectivity index (χ3n) is 1.88. The smallest absolute Gasteiger partial charge is 0.123 e. The molecule has 0 saturated carbocycles. The van der Waals surface area contributed by atoms with Crippen LogP contribution < -0.4 is 0 Å². The second-order valence-corrected chi connectivity index (χ2v) is 3.30. The summed E-state index contributed by atoms with van der Waals surface area (Å²) in [4.78, 5) is 4.34. The third kappa shape index (κ3) is 1.84. The van der Waals surface area contributed by atoms with Crippen molar-refractivity contribution in [3.05, 3.63) is 42.3 Å². The summed E-state index contributed by atoms with van der Waals surface area (Å²) in [5.41, 5.74) is 1.23. The summed E-state index contributed by atoms with van der Waals surface area (Å²) in [6.07, 6.45) is 0. The maximum Gasteiger partial charge on any atom is 0.123 e. The normalized spacial score (nSPS) is 11.7. The van der Waals surface area contributed by atoms with E-state index in [9.17, 15) is 0 Å². The minimum Gasteiger partial charge on any atom is -0.251 e. The van der Waals surface area contributed by atoms with Gasteiger partial charge in [0.1, 0.15) is 5.60 Å². The van der Waals surface area contributed by atoms with Crippen LogP contribution in [0.5, 0.6) is 0 Å². The van der Waals surface area contributed by atoms with Gasteiger partial charge in [0, 0.05) is 0 Å². The molecule has 0 bridgehead atoms. The molecule has 2 heteroatoms. The highest BCUT2D eigenvalue weighted by Gasteiger charge is 2.20. The van der Waals surface area contributed by atoms with E-state index in [0.29, 0.717) is 0 Å². The van der Waals surface area contributed by atoms with Gasteiger partial charge in [-0.15, -0.1) is 0 Å². The predicted octanol–water partition coefficient (Wildman–Crippen LogP) is 2.59. The third-order valence-corrected chi connectivity index (χ3v) is 1.88. The fraction of sp³-hybridized carbons (Fsp3) is 0.300. The average Bonchev–Trinajstić information content (AvgIpc) is 2.05. The minimum absolute atomic E-state index is 0.645. The molecule has 0 aromatic heterocycles. The zero-order valence-corrected chi connectivity index (χ0v) is 7.37. The van der Waals surface area contributed by atoms with Crippen molar-refractivity contribution < 1.29 is 10.1 Å². The van der Waals surface area contributed by atoms with Gasteiger partial charge in [-0.2, -0.15) is 0 Å². The van der Waals surface area contributed by atoms with E-state index in [1.807, 2.05) is 24.3 Å². The van der Waals surface area contributed by atoms with E-state index in [0.717, 1.165) is 11.1 Å². The number of benzene rings is 1. The zero-order valence-electron chi connectivity index (χ0n) is 7.37. The lowest BCUT2D eigenvalue weighted by Crippen LogP contribution is -2.19. The van der Waals surface area contributed by atoms with Crippen LogP contribution in [0.15, 0.2) is 24.3 Å². The van der Waals surface area contributed by atoms with Gasteiger partial charge in [-0.3, -0.25) is 5.26 Å². The van der Waals surface area contributed by atoms with E-state index in [4.69, 9.17) is 5.26 Å². The fourth-order valence-corrected chi connectivity index (χ4v) is 0.959. The first-order valence-electron chi connectivity index (χ1n) is 3.81. The van der Waals surface area contributed by atoms with Crippen molar-refractivity contribution in [2.24, 2.45) is 0 Å². The molecule has 1 rings (SSSR count). The van der Waals surface area contributed by atoms with Gasteiger partial charge in [-0.05, 0) is 31.9 Å². The van der Waals surface area contributed by atoms with Gasteiger partial charge >= 0.3 is 0 Å². The van der Waals surface area contributed by atoms with E-state index in [1.165, 1.54) is 0 Å². The van der Waals surface area contributed by atoms with Crippen molar-refractivity contribution in [2.75, 3.05) is 0 Å². The summed E-state index contributed by atoms with van der Waals surface area (Å²) in [7, 11) is 0. The summed E-state index contributed by atoms with van der Waals surface area (Å²) in [6.45, 7) is 7.36. The van der Waals surface area contributed by atoms with Crippen molar-refractivity contribution in [3.63, 3.8) is 0 Å². The Hall–Kier alpha value is -0.860. The monoisotopic (exact) mass is 165 g/mol. The molecule has 0 aliphatic rings. The molecule has 1 aromatic carbocycles. The summed E-state index contributed by atoms with van der Waals surface area (Å²) in [6, 6.07) is 7.54. The SMILES string of the molecule is [CH2]c1ccc(C(C)(C)OO)cc1. The lowest BCUT2D eigenvalue weighted by molar-refractivity contribution is -0.318. The van der Waals surface area contributed by atoms with E-state index < -0.39 is 5.60 Å². The zero-order chi connectivity index (χ0) is 9.19. The Morgan fingerprint density at radius 2 is 1.75 bits per heavy atom. The van der Waals surface area contributed by atoms with Crippen molar-refractivity contribution >= 4 is 0 Å². The van der Waals surface area contributed by atoms with Crippen molar-refractivity contribution in [1.29, 1.82) is 0 Å². The largest absolute Gasteiger partial charge is 0.251 e. The van der Waals surface area contributed by atoms with Gasteiger partial charge in [0.05, 0.1) is 0 Å². The van der Waals surface area contributed by atoms with Gasteiger partial charge in [0.15, 0.2) is 0 Å². The quantitative estimate of drug-likeness (QED) is 0.539. The van der Waals surface area contributed by atoms with Crippen LogP contribution in [0.4, 0.5) is 0 Å². The van der Waals surface area contributed by atoms with E-state index >= 15 is 0 Å². The Bertz CT molecular complexity index is 249. The first kappa shape index (κ1) is 9.23. The van der Waals surface area contributed by atoms with Crippen molar-refractivity contribution in [2.45, 2.75) is 19.4 Å². The topological polar surface area (TPSA) is 29.5 Å². The van der Waals surface area contributed by atoms with Crippen LogP contribution in [-0.2, 0) is 10.5 Å². The Morgan fingerprint density at radius 3 is 2.17 bits per heavy atom. The minimum atomic E-state index is -0.645. The van der Waals surface area contributed by atoms with Crippen LogP contribution in [0.25, 0.3) is 0 Å². The van der Waals surface area contributed by atoms with Crippen LogP contribution in [0.3, 0.4) is 0 Å². The molecule has 0 amide bonds. The van der Waals surface area contributed by atoms with Gasteiger partial charge < -0.3 is 0 Å². The van der Waals surface area contributed by atoms with Gasteiger partial charge in [-0.25, -0.2) is 4.89 Å². The number of rotatable bonds is 2. The highest BCUT2D eigenvalue weighted by molar-refractivity contribution is 5.27. The summed E-state index contributed by atoms with van der Waals surface area (Å²) in [5.74, 6) is 0. The summed E-state index contributed by atoms with van der Waals surface area (Å²) >= 11 is 0. The molecular weight excluding hydrogens is 152 g/mol. The van der Waals surface area contributed by atoms with E-state index in [-0.39, 0.29) is 0 Å². The number of hydrogen-bond donors (Lipinski definition) is 1.